The molecule has 104 valence electrons. The van der Waals surface area contributed by atoms with E-state index in [4.69, 9.17) is 28.3 Å². The molecule has 0 atom stereocenters. The second-order valence-corrected chi connectivity index (χ2v) is 4.55. The number of aromatic amines is 2. The number of hydrogen-bond donors (Lipinski definition) is 4. The second-order valence-electron chi connectivity index (χ2n) is 3.73. The number of carboxylic acid groups (broad SMARTS) is 1. The number of H-pyrrole nitrogens is 2. The van der Waals surface area contributed by atoms with E-state index in [1.54, 1.807) is 0 Å². The van der Waals surface area contributed by atoms with Gasteiger partial charge in [-0.15, -0.1) is 0 Å². The molecular weight excluding hydrogens is 309 g/mol. The van der Waals surface area contributed by atoms with Crippen LogP contribution in [0.25, 0.3) is 0 Å². The summed E-state index contributed by atoms with van der Waals surface area (Å²) in [6.07, 6.45) is 1.19. The lowest BCUT2D eigenvalue weighted by Gasteiger charge is -2.09. The quantitative estimate of drug-likeness (QED) is 0.693. The number of carbonyl (C=O) groups excluding carboxylic acids is 1. The Hall–Kier alpha value is -2.25. The van der Waals surface area contributed by atoms with E-state index in [0.29, 0.717) is 0 Å². The average Bonchev–Trinajstić information content (AvgIpc) is 2.80. The van der Waals surface area contributed by atoms with Crippen LogP contribution in [0.5, 0.6) is 0 Å². The standard InChI is InChI=1S/C11H7Cl2N3O4/c12-5-1-4(10(18)19)2-6(13)8(5)16-9(17)7-3-14-11(20)15-7/h1-3H,(H,16,17)(H,18,19)(H2,14,15,20). The van der Waals surface area contributed by atoms with Gasteiger partial charge < -0.3 is 20.4 Å². The van der Waals surface area contributed by atoms with Crippen LogP contribution in [0.4, 0.5) is 5.69 Å². The van der Waals surface area contributed by atoms with Gasteiger partial charge in [0.05, 0.1) is 21.3 Å². The maximum absolute atomic E-state index is 11.8. The molecule has 0 unspecified atom stereocenters. The van der Waals surface area contributed by atoms with Crippen molar-refractivity contribution in [2.75, 3.05) is 5.32 Å². The van der Waals surface area contributed by atoms with Crippen molar-refractivity contribution in [1.82, 2.24) is 9.97 Å². The summed E-state index contributed by atoms with van der Waals surface area (Å²) in [5, 5.41) is 11.2. The number of imidazole rings is 1. The summed E-state index contributed by atoms with van der Waals surface area (Å²) in [6, 6.07) is 2.32. The molecule has 0 bridgehead atoms. The number of carbonyl (C=O) groups is 2. The number of hydrogen-bond acceptors (Lipinski definition) is 3. The molecule has 20 heavy (non-hydrogen) atoms. The van der Waals surface area contributed by atoms with Gasteiger partial charge in [-0.05, 0) is 12.1 Å². The third-order valence-electron chi connectivity index (χ3n) is 2.37. The summed E-state index contributed by atoms with van der Waals surface area (Å²) in [7, 11) is 0. The lowest BCUT2D eigenvalue weighted by molar-refractivity contribution is 0.0696. The predicted octanol–water partition coefficient (Wildman–Crippen LogP) is 1.96. The summed E-state index contributed by atoms with van der Waals surface area (Å²) in [5.74, 6) is -1.84. The van der Waals surface area contributed by atoms with Crippen molar-refractivity contribution in [3.63, 3.8) is 0 Å². The molecule has 0 radical (unpaired) electrons. The fraction of sp³-hybridized carbons (Fsp3) is 0. The fourth-order valence-electron chi connectivity index (χ4n) is 1.45. The van der Waals surface area contributed by atoms with Gasteiger partial charge in [0, 0.05) is 6.20 Å². The van der Waals surface area contributed by atoms with Crippen LogP contribution in [0, 0.1) is 0 Å². The smallest absolute Gasteiger partial charge is 0.335 e. The lowest BCUT2D eigenvalue weighted by atomic mass is 10.2. The summed E-state index contributed by atoms with van der Waals surface area (Å²) in [6.45, 7) is 0. The highest BCUT2D eigenvalue weighted by Gasteiger charge is 2.16. The van der Waals surface area contributed by atoms with Gasteiger partial charge in [0.25, 0.3) is 5.91 Å². The summed E-state index contributed by atoms with van der Waals surface area (Å²) < 4.78 is 0. The Balaban J connectivity index is 2.32. The van der Waals surface area contributed by atoms with Crippen LogP contribution >= 0.6 is 23.2 Å². The van der Waals surface area contributed by atoms with Crippen molar-refractivity contribution in [3.05, 3.63) is 50.1 Å². The number of nitrogens with one attached hydrogen (secondary N) is 3. The Kier molecular flexibility index (Phi) is 3.82. The Labute approximate surface area is 121 Å². The lowest BCUT2D eigenvalue weighted by Crippen LogP contribution is -2.15. The molecule has 1 heterocycles. The molecular formula is C11H7Cl2N3O4. The maximum Gasteiger partial charge on any atom is 0.335 e. The van der Waals surface area contributed by atoms with E-state index in [-0.39, 0.29) is 27.0 Å². The van der Waals surface area contributed by atoms with Gasteiger partial charge in [0.2, 0.25) is 0 Å². The van der Waals surface area contributed by atoms with Gasteiger partial charge in [-0.1, -0.05) is 23.2 Å². The van der Waals surface area contributed by atoms with Crippen LogP contribution in [0.2, 0.25) is 10.0 Å². The molecule has 0 fully saturated rings. The number of halogens is 2. The van der Waals surface area contributed by atoms with Crippen molar-refractivity contribution < 1.29 is 14.7 Å². The topological polar surface area (TPSA) is 115 Å². The minimum atomic E-state index is -1.19. The fourth-order valence-corrected chi connectivity index (χ4v) is 2.03. The first-order chi connectivity index (χ1) is 9.38. The first-order valence-corrected chi connectivity index (χ1v) is 5.95. The third kappa shape index (κ3) is 2.84. The van der Waals surface area contributed by atoms with E-state index < -0.39 is 17.6 Å². The van der Waals surface area contributed by atoms with Gasteiger partial charge in [-0.25, -0.2) is 9.59 Å². The zero-order valence-electron chi connectivity index (χ0n) is 9.66. The highest BCUT2D eigenvalue weighted by atomic mass is 35.5. The zero-order chi connectivity index (χ0) is 14.9. The monoisotopic (exact) mass is 315 g/mol. The Morgan fingerprint density at radius 2 is 1.80 bits per heavy atom. The van der Waals surface area contributed by atoms with Gasteiger partial charge in [-0.3, -0.25) is 4.79 Å². The molecule has 4 N–H and O–H groups in total. The molecule has 9 heteroatoms. The molecule has 0 saturated heterocycles. The third-order valence-corrected chi connectivity index (χ3v) is 2.96. The van der Waals surface area contributed by atoms with E-state index >= 15 is 0 Å². The molecule has 2 aromatic rings. The van der Waals surface area contributed by atoms with Crippen LogP contribution in [-0.2, 0) is 0 Å². The largest absolute Gasteiger partial charge is 0.478 e. The summed E-state index contributed by atoms with van der Waals surface area (Å²) in [4.78, 5) is 38.1. The normalized spacial score (nSPS) is 10.3. The van der Waals surface area contributed by atoms with E-state index in [1.165, 1.54) is 6.20 Å². The van der Waals surface area contributed by atoms with Crippen molar-refractivity contribution in [3.8, 4) is 0 Å². The van der Waals surface area contributed by atoms with Crippen molar-refractivity contribution in [1.29, 1.82) is 0 Å². The first kappa shape index (κ1) is 14.2. The molecule has 0 aliphatic rings. The van der Waals surface area contributed by atoms with Crippen molar-refractivity contribution in [2.24, 2.45) is 0 Å². The Morgan fingerprint density at radius 1 is 1.20 bits per heavy atom. The minimum absolute atomic E-state index is 0.00977. The summed E-state index contributed by atoms with van der Waals surface area (Å²) >= 11 is 11.7. The van der Waals surface area contributed by atoms with E-state index in [2.05, 4.69) is 15.3 Å². The number of aromatic carboxylic acids is 1. The van der Waals surface area contributed by atoms with Crippen LogP contribution in [0.3, 0.4) is 0 Å². The molecule has 1 amide bonds. The Bertz CT molecular complexity index is 727. The number of amides is 1. The number of anilines is 1. The maximum atomic E-state index is 11.8. The number of benzene rings is 1. The average molecular weight is 316 g/mol. The highest BCUT2D eigenvalue weighted by molar-refractivity contribution is 6.40. The molecule has 0 aliphatic carbocycles. The van der Waals surface area contributed by atoms with Crippen LogP contribution in [0.1, 0.15) is 20.8 Å². The molecule has 0 spiro atoms. The number of aromatic nitrogens is 2. The summed E-state index contributed by atoms with van der Waals surface area (Å²) in [5.41, 5.74) is -0.587. The molecule has 0 aliphatic heterocycles. The van der Waals surface area contributed by atoms with Crippen LogP contribution < -0.4 is 11.0 Å². The van der Waals surface area contributed by atoms with Gasteiger partial charge in [0.15, 0.2) is 0 Å². The van der Waals surface area contributed by atoms with Gasteiger partial charge in [-0.2, -0.15) is 0 Å². The molecule has 1 aromatic carbocycles. The van der Waals surface area contributed by atoms with E-state index in [9.17, 15) is 14.4 Å². The first-order valence-electron chi connectivity index (χ1n) is 5.20. The zero-order valence-corrected chi connectivity index (χ0v) is 11.2. The number of rotatable bonds is 3. The Morgan fingerprint density at radius 3 is 2.25 bits per heavy atom. The van der Waals surface area contributed by atoms with Crippen LogP contribution in [0.15, 0.2) is 23.1 Å². The van der Waals surface area contributed by atoms with Gasteiger partial charge >= 0.3 is 11.7 Å². The van der Waals surface area contributed by atoms with Crippen molar-refractivity contribution >= 4 is 40.8 Å². The SMILES string of the molecule is O=C(O)c1cc(Cl)c(NC(=O)c2c[nH]c(=O)[nH]2)c(Cl)c1. The molecule has 2 rings (SSSR count). The molecule has 7 nitrogen and oxygen atoms in total. The predicted molar refractivity (Wildman–Crippen MR) is 72.8 cm³/mol. The van der Waals surface area contributed by atoms with E-state index in [0.717, 1.165) is 12.1 Å². The van der Waals surface area contributed by atoms with E-state index in [1.807, 2.05) is 0 Å². The van der Waals surface area contributed by atoms with Gasteiger partial charge in [0.1, 0.15) is 5.69 Å². The minimum Gasteiger partial charge on any atom is -0.478 e. The van der Waals surface area contributed by atoms with Crippen LogP contribution in [-0.4, -0.2) is 27.0 Å². The second kappa shape index (κ2) is 5.40. The molecule has 1 aromatic heterocycles. The van der Waals surface area contributed by atoms with Crippen molar-refractivity contribution in [2.45, 2.75) is 0 Å². The highest BCUT2D eigenvalue weighted by Crippen LogP contribution is 2.32. The molecule has 0 saturated carbocycles. The number of carboxylic acids is 1.